The van der Waals surface area contributed by atoms with E-state index in [2.05, 4.69) is 11.9 Å². The first kappa shape index (κ1) is 10.5. The molecule has 1 heterocycles. The lowest BCUT2D eigenvalue weighted by molar-refractivity contribution is -0.138. The second kappa shape index (κ2) is 5.19. The first-order valence-corrected chi connectivity index (χ1v) is 4.70. The Hall–Kier alpha value is -0.610. The highest BCUT2D eigenvalue weighted by Crippen LogP contribution is 2.14. The number of rotatable bonds is 5. The molecule has 1 saturated heterocycles. The van der Waals surface area contributed by atoms with E-state index in [4.69, 9.17) is 9.84 Å². The van der Waals surface area contributed by atoms with Crippen molar-refractivity contribution in [3.8, 4) is 0 Å². The summed E-state index contributed by atoms with van der Waals surface area (Å²) < 4.78 is 5.28. The standard InChI is InChI=1S/C9H17NO3/c1-10-5-2-3-8(10)7-13-6-4-9(11)12/h8H,2-7H2,1H3,(H,11,12)/t8-/m1/s1. The van der Waals surface area contributed by atoms with Gasteiger partial charge < -0.3 is 14.7 Å². The van der Waals surface area contributed by atoms with Crippen LogP contribution < -0.4 is 0 Å². The van der Waals surface area contributed by atoms with Crippen molar-refractivity contribution in [2.45, 2.75) is 25.3 Å². The van der Waals surface area contributed by atoms with Crippen molar-refractivity contribution in [1.29, 1.82) is 0 Å². The molecule has 0 saturated carbocycles. The predicted octanol–water partition coefficient (Wildman–Crippen LogP) is 0.572. The minimum Gasteiger partial charge on any atom is -0.481 e. The molecule has 0 aliphatic carbocycles. The second-order valence-corrected chi connectivity index (χ2v) is 3.50. The van der Waals surface area contributed by atoms with Crippen LogP contribution in [0.1, 0.15) is 19.3 Å². The normalized spacial score (nSPS) is 23.6. The quantitative estimate of drug-likeness (QED) is 0.639. The molecule has 1 atom stereocenters. The first-order valence-electron chi connectivity index (χ1n) is 4.70. The number of likely N-dealkylation sites (N-methyl/N-ethyl adjacent to an activating group) is 1. The van der Waals surface area contributed by atoms with E-state index in [1.165, 1.54) is 12.8 Å². The van der Waals surface area contributed by atoms with Gasteiger partial charge in [0.2, 0.25) is 0 Å². The van der Waals surface area contributed by atoms with Gasteiger partial charge in [0.25, 0.3) is 0 Å². The Morgan fingerprint density at radius 2 is 2.46 bits per heavy atom. The molecule has 1 rings (SSSR count). The van der Waals surface area contributed by atoms with E-state index >= 15 is 0 Å². The Morgan fingerprint density at radius 1 is 1.69 bits per heavy atom. The van der Waals surface area contributed by atoms with E-state index in [0.29, 0.717) is 19.3 Å². The molecule has 0 spiro atoms. The predicted molar refractivity (Wildman–Crippen MR) is 48.7 cm³/mol. The third-order valence-electron chi connectivity index (χ3n) is 2.44. The van der Waals surface area contributed by atoms with Gasteiger partial charge in [0.1, 0.15) is 0 Å². The van der Waals surface area contributed by atoms with Crippen molar-refractivity contribution in [3.05, 3.63) is 0 Å². The number of hydrogen-bond donors (Lipinski definition) is 1. The van der Waals surface area contributed by atoms with Crippen LogP contribution >= 0.6 is 0 Å². The zero-order valence-corrected chi connectivity index (χ0v) is 8.03. The zero-order valence-electron chi connectivity index (χ0n) is 8.03. The molecule has 1 aliphatic rings. The number of hydrogen-bond acceptors (Lipinski definition) is 3. The van der Waals surface area contributed by atoms with Gasteiger partial charge in [-0.25, -0.2) is 0 Å². The second-order valence-electron chi connectivity index (χ2n) is 3.50. The Labute approximate surface area is 78.5 Å². The van der Waals surface area contributed by atoms with Crippen molar-refractivity contribution < 1.29 is 14.6 Å². The van der Waals surface area contributed by atoms with Crippen molar-refractivity contribution in [2.24, 2.45) is 0 Å². The van der Waals surface area contributed by atoms with Gasteiger partial charge in [0.05, 0.1) is 19.6 Å². The van der Waals surface area contributed by atoms with Crippen LogP contribution in [0, 0.1) is 0 Å². The Bertz CT molecular complexity index is 172. The van der Waals surface area contributed by atoms with Gasteiger partial charge >= 0.3 is 5.97 Å². The number of nitrogens with zero attached hydrogens (tertiary/aromatic N) is 1. The highest BCUT2D eigenvalue weighted by atomic mass is 16.5. The molecule has 76 valence electrons. The molecular weight excluding hydrogens is 170 g/mol. The number of carbonyl (C=O) groups is 1. The highest BCUT2D eigenvalue weighted by Gasteiger charge is 2.20. The summed E-state index contributed by atoms with van der Waals surface area (Å²) in [6.07, 6.45) is 2.50. The highest BCUT2D eigenvalue weighted by molar-refractivity contribution is 5.66. The first-order chi connectivity index (χ1) is 6.20. The fraction of sp³-hybridized carbons (Fsp3) is 0.889. The molecule has 1 aliphatic heterocycles. The lowest BCUT2D eigenvalue weighted by atomic mass is 10.2. The fourth-order valence-electron chi connectivity index (χ4n) is 1.57. The van der Waals surface area contributed by atoms with Crippen molar-refractivity contribution in [1.82, 2.24) is 4.90 Å². The van der Waals surface area contributed by atoms with Gasteiger partial charge in [-0.15, -0.1) is 0 Å². The van der Waals surface area contributed by atoms with Gasteiger partial charge in [-0.2, -0.15) is 0 Å². The zero-order chi connectivity index (χ0) is 9.68. The van der Waals surface area contributed by atoms with Crippen LogP contribution in [-0.4, -0.2) is 48.8 Å². The van der Waals surface area contributed by atoms with Crippen LogP contribution in [0.25, 0.3) is 0 Å². The fourth-order valence-corrected chi connectivity index (χ4v) is 1.57. The number of aliphatic carboxylic acids is 1. The molecule has 0 aromatic heterocycles. The number of carboxylic acids is 1. The van der Waals surface area contributed by atoms with E-state index in [0.717, 1.165) is 6.54 Å². The molecule has 0 radical (unpaired) electrons. The summed E-state index contributed by atoms with van der Waals surface area (Å²) in [6, 6.07) is 0.494. The topological polar surface area (TPSA) is 49.8 Å². The van der Waals surface area contributed by atoms with E-state index in [1.54, 1.807) is 0 Å². The molecule has 4 heteroatoms. The largest absolute Gasteiger partial charge is 0.481 e. The summed E-state index contributed by atoms with van der Waals surface area (Å²) in [4.78, 5) is 12.4. The maximum atomic E-state index is 10.2. The van der Waals surface area contributed by atoms with Crippen molar-refractivity contribution in [2.75, 3.05) is 26.8 Å². The lowest BCUT2D eigenvalue weighted by Crippen LogP contribution is -2.29. The Kier molecular flexibility index (Phi) is 4.18. The molecular formula is C9H17NO3. The van der Waals surface area contributed by atoms with E-state index < -0.39 is 5.97 Å². The summed E-state index contributed by atoms with van der Waals surface area (Å²) in [5, 5.41) is 8.37. The van der Waals surface area contributed by atoms with Crippen molar-refractivity contribution >= 4 is 5.97 Å². The van der Waals surface area contributed by atoms with E-state index in [-0.39, 0.29) is 6.42 Å². The van der Waals surface area contributed by atoms with Crippen molar-refractivity contribution in [3.63, 3.8) is 0 Å². The third-order valence-corrected chi connectivity index (χ3v) is 2.44. The smallest absolute Gasteiger partial charge is 0.305 e. The average molecular weight is 187 g/mol. The molecule has 0 aromatic rings. The Balaban J connectivity index is 2.02. The van der Waals surface area contributed by atoms with Gasteiger partial charge in [0.15, 0.2) is 0 Å². The molecule has 0 unspecified atom stereocenters. The maximum Gasteiger partial charge on any atom is 0.305 e. The monoisotopic (exact) mass is 187 g/mol. The summed E-state index contributed by atoms with van der Waals surface area (Å²) in [6.45, 7) is 2.14. The number of likely N-dealkylation sites (tertiary alicyclic amines) is 1. The number of carboxylic acid groups (broad SMARTS) is 1. The molecule has 0 aromatic carbocycles. The van der Waals surface area contributed by atoms with Crippen LogP contribution in [0.4, 0.5) is 0 Å². The van der Waals surface area contributed by atoms with Crippen LogP contribution in [-0.2, 0) is 9.53 Å². The van der Waals surface area contributed by atoms with E-state index in [9.17, 15) is 4.79 Å². The third kappa shape index (κ3) is 3.74. The van der Waals surface area contributed by atoms with Crippen LogP contribution in [0.15, 0.2) is 0 Å². The summed E-state index contributed by atoms with van der Waals surface area (Å²) in [5.74, 6) is -0.792. The molecule has 13 heavy (non-hydrogen) atoms. The summed E-state index contributed by atoms with van der Waals surface area (Å²) in [7, 11) is 2.08. The minimum absolute atomic E-state index is 0.108. The molecule has 1 fully saturated rings. The summed E-state index contributed by atoms with van der Waals surface area (Å²) >= 11 is 0. The Morgan fingerprint density at radius 3 is 3.00 bits per heavy atom. The van der Waals surface area contributed by atoms with Crippen LogP contribution in [0.3, 0.4) is 0 Å². The van der Waals surface area contributed by atoms with Crippen LogP contribution in [0.2, 0.25) is 0 Å². The lowest BCUT2D eigenvalue weighted by Gasteiger charge is -2.18. The average Bonchev–Trinajstić information content (AvgIpc) is 2.45. The van der Waals surface area contributed by atoms with E-state index in [1.807, 2.05) is 0 Å². The summed E-state index contributed by atoms with van der Waals surface area (Å²) in [5.41, 5.74) is 0. The maximum absolute atomic E-state index is 10.2. The van der Waals surface area contributed by atoms with Gasteiger partial charge in [-0.1, -0.05) is 0 Å². The minimum atomic E-state index is -0.792. The molecule has 0 amide bonds. The molecule has 0 bridgehead atoms. The van der Waals surface area contributed by atoms with Crippen LogP contribution in [0.5, 0.6) is 0 Å². The van der Waals surface area contributed by atoms with Gasteiger partial charge in [-0.05, 0) is 26.4 Å². The molecule has 4 nitrogen and oxygen atoms in total. The number of ether oxygens (including phenoxy) is 1. The SMILES string of the molecule is CN1CCC[C@@H]1COCCC(=O)O. The van der Waals surface area contributed by atoms with Gasteiger partial charge in [-0.3, -0.25) is 4.79 Å². The molecule has 1 N–H and O–H groups in total. The van der Waals surface area contributed by atoms with Gasteiger partial charge in [0, 0.05) is 6.04 Å².